The van der Waals surface area contributed by atoms with Gasteiger partial charge in [0.05, 0.1) is 7.11 Å². The Kier molecular flexibility index (Phi) is 6.72. The summed E-state index contributed by atoms with van der Waals surface area (Å²) in [6.45, 7) is 3.94. The summed E-state index contributed by atoms with van der Waals surface area (Å²) in [5.41, 5.74) is 1.06. The number of carboxylic acid groups (broad SMARTS) is 1. The lowest BCUT2D eigenvalue weighted by atomic mass is 9.97. The smallest absolute Gasteiger partial charge is 0.323 e. The van der Waals surface area contributed by atoms with E-state index in [2.05, 4.69) is 0 Å². The highest BCUT2D eigenvalue weighted by Gasteiger charge is 2.18. The van der Waals surface area contributed by atoms with Crippen molar-refractivity contribution in [3.8, 4) is 5.75 Å². The zero-order valence-electron chi connectivity index (χ0n) is 12.8. The zero-order valence-corrected chi connectivity index (χ0v) is 12.8. The van der Waals surface area contributed by atoms with Gasteiger partial charge in [-0.3, -0.25) is 9.59 Å². The summed E-state index contributed by atoms with van der Waals surface area (Å²) in [4.78, 5) is 24.2. The minimum absolute atomic E-state index is 0.122. The lowest BCUT2D eigenvalue weighted by Gasteiger charge is -2.21. The maximum atomic E-state index is 12.1. The topological polar surface area (TPSA) is 66.8 Å². The number of ether oxygens (including phenoxy) is 1. The van der Waals surface area contributed by atoms with Gasteiger partial charge in [-0.05, 0) is 30.9 Å². The van der Waals surface area contributed by atoms with Gasteiger partial charge in [-0.2, -0.15) is 0 Å². The molecule has 21 heavy (non-hydrogen) atoms. The Morgan fingerprint density at radius 1 is 1.33 bits per heavy atom. The second-order valence-electron chi connectivity index (χ2n) is 5.13. The van der Waals surface area contributed by atoms with Crippen LogP contribution in [0.1, 0.15) is 25.8 Å². The summed E-state index contributed by atoms with van der Waals surface area (Å²) < 4.78 is 5.30. The van der Waals surface area contributed by atoms with Crippen LogP contribution in [0, 0.1) is 5.92 Å². The van der Waals surface area contributed by atoms with Gasteiger partial charge in [-0.1, -0.05) is 25.1 Å². The monoisotopic (exact) mass is 293 g/mol. The van der Waals surface area contributed by atoms with Gasteiger partial charge in [0.1, 0.15) is 12.3 Å². The molecule has 0 aromatic heterocycles. The first kappa shape index (κ1) is 17.0. The van der Waals surface area contributed by atoms with Crippen molar-refractivity contribution in [1.82, 2.24) is 4.90 Å². The second kappa shape index (κ2) is 8.29. The molecule has 0 radical (unpaired) electrons. The van der Waals surface area contributed by atoms with Crippen molar-refractivity contribution in [2.75, 3.05) is 20.2 Å². The quantitative estimate of drug-likeness (QED) is 0.798. The summed E-state index contributed by atoms with van der Waals surface area (Å²) in [6.07, 6.45) is 1.06. The lowest BCUT2D eigenvalue weighted by Crippen LogP contribution is -2.36. The van der Waals surface area contributed by atoms with Gasteiger partial charge >= 0.3 is 5.97 Å². The molecule has 0 saturated heterocycles. The molecule has 1 N–H and O–H groups in total. The van der Waals surface area contributed by atoms with Crippen LogP contribution in [0.2, 0.25) is 0 Å². The van der Waals surface area contributed by atoms with E-state index in [1.54, 1.807) is 14.0 Å². The molecule has 0 aliphatic rings. The Labute approximate surface area is 125 Å². The van der Waals surface area contributed by atoms with Gasteiger partial charge in [-0.25, -0.2) is 0 Å². The number of aliphatic carboxylic acids is 1. The van der Waals surface area contributed by atoms with E-state index in [1.165, 1.54) is 4.90 Å². The summed E-state index contributed by atoms with van der Waals surface area (Å²) in [5.74, 6) is -0.170. The van der Waals surface area contributed by atoms with Crippen LogP contribution < -0.4 is 4.74 Å². The molecule has 0 saturated carbocycles. The predicted octanol–water partition coefficient (Wildman–Crippen LogP) is 2.20. The minimum atomic E-state index is -0.984. The SMILES string of the molecule is CCN(CC(=O)O)C(=O)CC(C)Cc1ccccc1OC. The van der Waals surface area contributed by atoms with Crippen molar-refractivity contribution >= 4 is 11.9 Å². The number of hydrogen-bond donors (Lipinski definition) is 1. The highest BCUT2D eigenvalue weighted by molar-refractivity contribution is 5.81. The number of methoxy groups -OCH3 is 1. The van der Waals surface area contributed by atoms with E-state index in [1.807, 2.05) is 31.2 Å². The third kappa shape index (κ3) is 5.45. The third-order valence-electron chi connectivity index (χ3n) is 3.34. The molecule has 0 spiro atoms. The minimum Gasteiger partial charge on any atom is -0.496 e. The standard InChI is InChI=1S/C16H23NO4/c1-4-17(11-16(19)20)15(18)10-12(2)9-13-7-5-6-8-14(13)21-3/h5-8,12H,4,9-11H2,1-3H3,(H,19,20). The maximum Gasteiger partial charge on any atom is 0.323 e. The normalized spacial score (nSPS) is 11.8. The first-order chi connectivity index (χ1) is 9.97. The van der Waals surface area contributed by atoms with Crippen LogP contribution in [0.15, 0.2) is 24.3 Å². The number of carbonyl (C=O) groups is 2. The highest BCUT2D eigenvalue weighted by atomic mass is 16.5. The maximum absolute atomic E-state index is 12.1. The van der Waals surface area contributed by atoms with Gasteiger partial charge < -0.3 is 14.7 Å². The average molecular weight is 293 g/mol. The van der Waals surface area contributed by atoms with E-state index in [0.717, 1.165) is 17.7 Å². The zero-order chi connectivity index (χ0) is 15.8. The molecular weight excluding hydrogens is 270 g/mol. The Morgan fingerprint density at radius 2 is 2.00 bits per heavy atom. The Balaban J connectivity index is 2.61. The van der Waals surface area contributed by atoms with Crippen molar-refractivity contribution in [2.45, 2.75) is 26.7 Å². The van der Waals surface area contributed by atoms with Crippen molar-refractivity contribution < 1.29 is 19.4 Å². The molecule has 1 rings (SSSR count). The second-order valence-corrected chi connectivity index (χ2v) is 5.13. The molecule has 1 atom stereocenters. The Morgan fingerprint density at radius 3 is 2.57 bits per heavy atom. The molecule has 1 aromatic rings. The van der Waals surface area contributed by atoms with E-state index < -0.39 is 5.97 Å². The van der Waals surface area contributed by atoms with Crippen LogP contribution in [-0.2, 0) is 16.0 Å². The summed E-state index contributed by atoms with van der Waals surface area (Å²) in [5, 5.41) is 8.79. The molecule has 0 heterocycles. The van der Waals surface area contributed by atoms with E-state index in [-0.39, 0.29) is 18.4 Å². The molecule has 116 valence electrons. The first-order valence-electron chi connectivity index (χ1n) is 7.09. The van der Waals surface area contributed by atoms with E-state index in [0.29, 0.717) is 13.0 Å². The van der Waals surface area contributed by atoms with E-state index in [9.17, 15) is 9.59 Å². The molecule has 0 aliphatic heterocycles. The Hall–Kier alpha value is -2.04. The van der Waals surface area contributed by atoms with Crippen LogP contribution in [-0.4, -0.2) is 42.1 Å². The van der Waals surface area contributed by atoms with Crippen molar-refractivity contribution in [3.63, 3.8) is 0 Å². The van der Waals surface area contributed by atoms with Crippen molar-refractivity contribution in [1.29, 1.82) is 0 Å². The Bertz CT molecular complexity index is 487. The number of carbonyl (C=O) groups excluding carboxylic acids is 1. The molecule has 5 heteroatoms. The van der Waals surface area contributed by atoms with Gasteiger partial charge in [0, 0.05) is 13.0 Å². The van der Waals surface area contributed by atoms with Crippen molar-refractivity contribution in [3.05, 3.63) is 29.8 Å². The fraction of sp³-hybridized carbons (Fsp3) is 0.500. The number of likely N-dealkylation sites (N-methyl/N-ethyl adjacent to an activating group) is 1. The first-order valence-corrected chi connectivity index (χ1v) is 7.09. The molecule has 1 amide bonds. The van der Waals surface area contributed by atoms with Crippen LogP contribution in [0.25, 0.3) is 0 Å². The molecule has 0 bridgehead atoms. The van der Waals surface area contributed by atoms with Gasteiger partial charge in [-0.15, -0.1) is 0 Å². The number of carboxylic acids is 1. The molecule has 1 unspecified atom stereocenters. The van der Waals surface area contributed by atoms with E-state index >= 15 is 0 Å². The summed E-state index contributed by atoms with van der Waals surface area (Å²) >= 11 is 0. The van der Waals surface area contributed by atoms with Gasteiger partial charge in [0.15, 0.2) is 0 Å². The van der Waals surface area contributed by atoms with Gasteiger partial charge in [0.25, 0.3) is 0 Å². The number of hydrogen-bond acceptors (Lipinski definition) is 3. The fourth-order valence-corrected chi connectivity index (χ4v) is 2.29. The third-order valence-corrected chi connectivity index (χ3v) is 3.34. The average Bonchev–Trinajstić information content (AvgIpc) is 2.44. The molecule has 5 nitrogen and oxygen atoms in total. The highest BCUT2D eigenvalue weighted by Crippen LogP contribution is 2.22. The molecule has 1 aromatic carbocycles. The lowest BCUT2D eigenvalue weighted by molar-refractivity contribution is -0.144. The fourth-order valence-electron chi connectivity index (χ4n) is 2.29. The van der Waals surface area contributed by atoms with Gasteiger partial charge in [0.2, 0.25) is 5.91 Å². The van der Waals surface area contributed by atoms with E-state index in [4.69, 9.17) is 9.84 Å². The summed E-state index contributed by atoms with van der Waals surface area (Å²) in [7, 11) is 1.63. The van der Waals surface area contributed by atoms with Crippen LogP contribution in [0.5, 0.6) is 5.75 Å². The van der Waals surface area contributed by atoms with Crippen LogP contribution in [0.3, 0.4) is 0 Å². The van der Waals surface area contributed by atoms with Crippen molar-refractivity contribution in [2.24, 2.45) is 5.92 Å². The predicted molar refractivity (Wildman–Crippen MR) is 80.4 cm³/mol. The largest absolute Gasteiger partial charge is 0.496 e. The number of rotatable bonds is 8. The number of para-hydroxylation sites is 1. The molecular formula is C16H23NO4. The molecule has 0 fully saturated rings. The van der Waals surface area contributed by atoms with Crippen LogP contribution in [0.4, 0.5) is 0 Å². The molecule has 0 aliphatic carbocycles. The van der Waals surface area contributed by atoms with Crippen LogP contribution >= 0.6 is 0 Å². The number of nitrogens with zero attached hydrogens (tertiary/aromatic N) is 1. The number of benzene rings is 1. The number of amides is 1. The summed E-state index contributed by atoms with van der Waals surface area (Å²) in [6, 6.07) is 7.72.